The predicted molar refractivity (Wildman–Crippen MR) is 109 cm³/mol. The monoisotopic (exact) mass is 365 g/mol. The van der Waals surface area contributed by atoms with Gasteiger partial charge in [-0.25, -0.2) is 9.37 Å². The number of hydrogen-bond donors (Lipinski definition) is 2. The van der Waals surface area contributed by atoms with E-state index in [0.717, 1.165) is 34.5 Å². The summed E-state index contributed by atoms with van der Waals surface area (Å²) < 4.78 is 20.0. The summed E-state index contributed by atoms with van der Waals surface area (Å²) in [5, 5.41) is 3.07. The van der Waals surface area contributed by atoms with Crippen LogP contribution in [0.3, 0.4) is 0 Å². The number of hydrogen-bond acceptors (Lipinski definition) is 4. The van der Waals surface area contributed by atoms with Crippen LogP contribution in [-0.4, -0.2) is 18.3 Å². The molecule has 140 valence electrons. The van der Waals surface area contributed by atoms with Crippen LogP contribution in [0.5, 0.6) is 0 Å². The number of nitrogen functional groups attached to an aromatic ring is 1. The third kappa shape index (κ3) is 4.63. The van der Waals surface area contributed by atoms with Crippen LogP contribution in [0.15, 0.2) is 54.6 Å². The van der Waals surface area contributed by atoms with Gasteiger partial charge in [-0.3, -0.25) is 0 Å². The van der Waals surface area contributed by atoms with Crippen LogP contribution < -0.4 is 11.1 Å². The van der Waals surface area contributed by atoms with Crippen molar-refractivity contribution in [2.45, 2.75) is 20.3 Å². The summed E-state index contributed by atoms with van der Waals surface area (Å²) in [7, 11) is 0. The third-order valence-electron chi connectivity index (χ3n) is 4.28. The zero-order valence-electron chi connectivity index (χ0n) is 15.6. The molecule has 3 rings (SSSR count). The number of halogens is 1. The van der Waals surface area contributed by atoms with Crippen molar-refractivity contribution < 1.29 is 9.13 Å². The van der Waals surface area contributed by atoms with Crippen molar-refractivity contribution >= 4 is 11.4 Å². The molecule has 0 aliphatic heterocycles. The lowest BCUT2D eigenvalue weighted by molar-refractivity contribution is 0.153. The van der Waals surface area contributed by atoms with Gasteiger partial charge in [-0.2, -0.15) is 0 Å². The van der Waals surface area contributed by atoms with E-state index < -0.39 is 0 Å². The number of benzene rings is 2. The molecule has 3 N–H and O–H groups in total. The van der Waals surface area contributed by atoms with E-state index in [1.807, 2.05) is 62.4 Å². The maximum absolute atomic E-state index is 14.6. The van der Waals surface area contributed by atoms with Gasteiger partial charge in [0.05, 0.1) is 11.4 Å². The van der Waals surface area contributed by atoms with Crippen LogP contribution in [0, 0.1) is 12.7 Å². The maximum Gasteiger partial charge on any atom is 0.151 e. The first kappa shape index (κ1) is 18.9. The van der Waals surface area contributed by atoms with Crippen molar-refractivity contribution in [3.63, 3.8) is 0 Å². The molecular weight excluding hydrogens is 341 g/mol. The Morgan fingerprint density at radius 2 is 1.59 bits per heavy atom. The molecule has 0 aliphatic rings. The molecule has 0 atom stereocenters. The number of nitrogens with zero attached hydrogens (tertiary/aromatic N) is 1. The summed E-state index contributed by atoms with van der Waals surface area (Å²) in [6, 6.07) is 16.8. The van der Waals surface area contributed by atoms with Crippen molar-refractivity contribution in [3.05, 3.63) is 66.1 Å². The zero-order chi connectivity index (χ0) is 19.2. The standard InChI is InChI=1S/C22H24FN3O/c1-3-12-27-14-25-21-13-20(23)22(26-15(21)2)18-6-4-16(5-7-18)17-8-10-19(24)11-9-17/h4-11,13,25H,3,12,14,24H2,1-2H3. The number of ether oxygens (including phenoxy) is 1. The Balaban J connectivity index is 1.79. The first-order valence-corrected chi connectivity index (χ1v) is 9.03. The highest BCUT2D eigenvalue weighted by molar-refractivity contribution is 5.71. The molecule has 0 aliphatic carbocycles. The molecule has 0 saturated heterocycles. The number of nitrogens with one attached hydrogen (secondary N) is 1. The summed E-state index contributed by atoms with van der Waals surface area (Å²) in [5.74, 6) is -0.362. The second-order valence-corrected chi connectivity index (χ2v) is 6.38. The smallest absolute Gasteiger partial charge is 0.151 e. The van der Waals surface area contributed by atoms with Gasteiger partial charge in [-0.15, -0.1) is 0 Å². The van der Waals surface area contributed by atoms with Gasteiger partial charge in [0.2, 0.25) is 0 Å². The van der Waals surface area contributed by atoms with E-state index in [1.165, 1.54) is 6.07 Å². The van der Waals surface area contributed by atoms with E-state index in [9.17, 15) is 4.39 Å². The topological polar surface area (TPSA) is 60.2 Å². The summed E-state index contributed by atoms with van der Waals surface area (Å²) in [6.45, 7) is 4.90. The Morgan fingerprint density at radius 3 is 2.22 bits per heavy atom. The highest BCUT2D eigenvalue weighted by Crippen LogP contribution is 2.28. The van der Waals surface area contributed by atoms with Gasteiger partial charge in [-0.05, 0) is 36.6 Å². The molecule has 3 aromatic rings. The average molecular weight is 365 g/mol. The van der Waals surface area contributed by atoms with Crippen LogP contribution in [0.1, 0.15) is 19.0 Å². The Hall–Kier alpha value is -2.92. The molecule has 0 fully saturated rings. The molecule has 0 amide bonds. The van der Waals surface area contributed by atoms with Crippen molar-refractivity contribution in [1.82, 2.24) is 4.98 Å². The normalized spacial score (nSPS) is 10.8. The van der Waals surface area contributed by atoms with E-state index >= 15 is 0 Å². The number of rotatable bonds is 7. The minimum Gasteiger partial charge on any atom is -0.399 e. The number of pyridine rings is 1. The van der Waals surface area contributed by atoms with Gasteiger partial charge in [0, 0.05) is 23.9 Å². The van der Waals surface area contributed by atoms with Crippen molar-refractivity contribution in [3.8, 4) is 22.4 Å². The fourth-order valence-corrected chi connectivity index (χ4v) is 2.80. The second-order valence-electron chi connectivity index (χ2n) is 6.38. The van der Waals surface area contributed by atoms with E-state index in [4.69, 9.17) is 10.5 Å². The van der Waals surface area contributed by atoms with Gasteiger partial charge in [0.15, 0.2) is 5.82 Å². The first-order chi connectivity index (χ1) is 13.1. The summed E-state index contributed by atoms with van der Waals surface area (Å²) in [6.07, 6.45) is 0.943. The van der Waals surface area contributed by atoms with Crippen molar-refractivity contribution in [1.29, 1.82) is 0 Å². The van der Waals surface area contributed by atoms with Gasteiger partial charge in [-0.1, -0.05) is 43.3 Å². The Morgan fingerprint density at radius 1 is 1.00 bits per heavy atom. The Kier molecular flexibility index (Phi) is 6.04. The van der Waals surface area contributed by atoms with E-state index in [1.54, 1.807) is 0 Å². The molecule has 1 heterocycles. The third-order valence-corrected chi connectivity index (χ3v) is 4.28. The highest BCUT2D eigenvalue weighted by Gasteiger charge is 2.11. The number of anilines is 2. The summed E-state index contributed by atoms with van der Waals surface area (Å²) >= 11 is 0. The zero-order valence-corrected chi connectivity index (χ0v) is 15.6. The molecule has 0 spiro atoms. The largest absolute Gasteiger partial charge is 0.399 e. The van der Waals surface area contributed by atoms with Gasteiger partial charge >= 0.3 is 0 Å². The highest BCUT2D eigenvalue weighted by atomic mass is 19.1. The summed E-state index contributed by atoms with van der Waals surface area (Å²) in [4.78, 5) is 4.45. The van der Waals surface area contributed by atoms with Crippen LogP contribution in [0.4, 0.5) is 15.8 Å². The number of aryl methyl sites for hydroxylation is 1. The van der Waals surface area contributed by atoms with Crippen LogP contribution >= 0.6 is 0 Å². The van der Waals surface area contributed by atoms with Crippen molar-refractivity contribution in [2.24, 2.45) is 0 Å². The molecule has 0 saturated carbocycles. The molecule has 1 aromatic heterocycles. The molecule has 0 unspecified atom stereocenters. The van der Waals surface area contributed by atoms with E-state index in [0.29, 0.717) is 24.7 Å². The van der Waals surface area contributed by atoms with E-state index in [-0.39, 0.29) is 5.82 Å². The fourth-order valence-electron chi connectivity index (χ4n) is 2.80. The lowest BCUT2D eigenvalue weighted by atomic mass is 10.0. The number of aromatic nitrogens is 1. The minimum atomic E-state index is -0.362. The molecule has 5 heteroatoms. The Labute approximate surface area is 159 Å². The van der Waals surface area contributed by atoms with Crippen LogP contribution in [0.25, 0.3) is 22.4 Å². The van der Waals surface area contributed by atoms with Gasteiger partial charge < -0.3 is 15.8 Å². The predicted octanol–water partition coefficient (Wildman–Crippen LogP) is 5.24. The Bertz CT molecular complexity index is 893. The lowest BCUT2D eigenvalue weighted by Crippen LogP contribution is -2.09. The van der Waals surface area contributed by atoms with Crippen molar-refractivity contribution in [2.75, 3.05) is 24.4 Å². The molecule has 4 nitrogen and oxygen atoms in total. The first-order valence-electron chi connectivity index (χ1n) is 9.03. The van der Waals surface area contributed by atoms with Gasteiger partial charge in [0.25, 0.3) is 0 Å². The average Bonchev–Trinajstić information content (AvgIpc) is 2.68. The molecular formula is C22H24FN3O. The number of nitrogens with two attached hydrogens (primary N) is 1. The lowest BCUT2D eigenvalue weighted by Gasteiger charge is -2.12. The molecule has 0 bridgehead atoms. The van der Waals surface area contributed by atoms with Crippen LogP contribution in [0.2, 0.25) is 0 Å². The second kappa shape index (κ2) is 8.64. The SMILES string of the molecule is CCCOCNc1cc(F)c(-c2ccc(-c3ccc(N)cc3)cc2)nc1C. The molecule has 2 aromatic carbocycles. The quantitative estimate of drug-likeness (QED) is 0.341. The molecule has 0 radical (unpaired) electrons. The fraction of sp³-hybridized carbons (Fsp3) is 0.227. The molecule has 27 heavy (non-hydrogen) atoms. The van der Waals surface area contributed by atoms with Crippen LogP contribution in [-0.2, 0) is 4.74 Å². The van der Waals surface area contributed by atoms with E-state index in [2.05, 4.69) is 10.3 Å². The summed E-state index contributed by atoms with van der Waals surface area (Å²) in [5.41, 5.74) is 11.0. The maximum atomic E-state index is 14.6. The van der Waals surface area contributed by atoms with Gasteiger partial charge in [0.1, 0.15) is 12.4 Å². The minimum absolute atomic E-state index is 0.339.